The van der Waals surface area contributed by atoms with E-state index in [1.165, 1.54) is 0 Å². The molecule has 0 spiro atoms. The van der Waals surface area contributed by atoms with Crippen molar-refractivity contribution in [1.82, 2.24) is 4.90 Å². The molecule has 0 saturated carbocycles. The SMILES string of the molecule is O=NC(CN1C(=O)C=CC1=O)C(=O)c1ccccc1. The van der Waals surface area contributed by atoms with E-state index in [-0.39, 0.29) is 6.54 Å². The molecule has 1 aliphatic rings. The van der Waals surface area contributed by atoms with Gasteiger partial charge in [0.05, 0.1) is 6.54 Å². The van der Waals surface area contributed by atoms with Gasteiger partial charge in [0, 0.05) is 17.7 Å². The highest BCUT2D eigenvalue weighted by Gasteiger charge is 2.30. The van der Waals surface area contributed by atoms with Gasteiger partial charge in [-0.1, -0.05) is 35.5 Å². The van der Waals surface area contributed by atoms with Gasteiger partial charge in [0.2, 0.25) is 0 Å². The summed E-state index contributed by atoms with van der Waals surface area (Å²) in [5.41, 5.74) is 0.319. The summed E-state index contributed by atoms with van der Waals surface area (Å²) in [5.74, 6) is -1.60. The Kier molecular flexibility index (Phi) is 3.61. The molecule has 2 rings (SSSR count). The van der Waals surface area contributed by atoms with Crippen molar-refractivity contribution in [3.8, 4) is 0 Å². The first kappa shape index (κ1) is 12.8. The molecule has 1 unspecified atom stereocenters. The van der Waals surface area contributed by atoms with Crippen LogP contribution >= 0.6 is 0 Å². The van der Waals surface area contributed by atoms with E-state index in [1.54, 1.807) is 30.3 Å². The standard InChI is InChI=1S/C13H10N2O4/c16-11-6-7-12(17)15(11)8-10(14-19)13(18)9-4-2-1-3-5-9/h1-7,10H,8H2. The third-order valence-electron chi connectivity index (χ3n) is 2.74. The maximum absolute atomic E-state index is 12.0. The molecule has 1 aromatic carbocycles. The molecule has 0 radical (unpaired) electrons. The zero-order valence-corrected chi connectivity index (χ0v) is 9.85. The third kappa shape index (κ3) is 2.62. The van der Waals surface area contributed by atoms with Gasteiger partial charge in [-0.05, 0) is 0 Å². The zero-order chi connectivity index (χ0) is 13.8. The minimum Gasteiger partial charge on any atom is -0.292 e. The van der Waals surface area contributed by atoms with Crippen LogP contribution in [0, 0.1) is 4.91 Å². The highest BCUT2D eigenvalue weighted by Crippen LogP contribution is 2.11. The number of amides is 2. The fourth-order valence-corrected chi connectivity index (χ4v) is 1.74. The Labute approximate surface area is 108 Å². The van der Waals surface area contributed by atoms with E-state index < -0.39 is 23.6 Å². The van der Waals surface area contributed by atoms with Gasteiger partial charge >= 0.3 is 0 Å². The van der Waals surface area contributed by atoms with Crippen LogP contribution in [0.5, 0.6) is 0 Å². The average Bonchev–Trinajstić information content (AvgIpc) is 2.76. The van der Waals surface area contributed by atoms with Gasteiger partial charge in [-0.25, -0.2) is 0 Å². The number of hydrogen-bond donors (Lipinski definition) is 0. The topological polar surface area (TPSA) is 83.9 Å². The average molecular weight is 258 g/mol. The van der Waals surface area contributed by atoms with Gasteiger partial charge in [0.15, 0.2) is 11.8 Å². The summed E-state index contributed by atoms with van der Waals surface area (Å²) in [6, 6.07) is 6.86. The van der Waals surface area contributed by atoms with E-state index in [0.717, 1.165) is 17.1 Å². The number of hydrogen-bond acceptors (Lipinski definition) is 5. The Morgan fingerprint density at radius 2 is 1.68 bits per heavy atom. The van der Waals surface area contributed by atoms with Crippen molar-refractivity contribution in [2.45, 2.75) is 6.04 Å². The number of nitrogens with zero attached hydrogens (tertiary/aromatic N) is 2. The maximum Gasteiger partial charge on any atom is 0.253 e. The monoisotopic (exact) mass is 258 g/mol. The van der Waals surface area contributed by atoms with Crippen LogP contribution < -0.4 is 0 Å². The Hall–Kier alpha value is -2.63. The largest absolute Gasteiger partial charge is 0.292 e. The maximum atomic E-state index is 12.0. The summed E-state index contributed by atoms with van der Waals surface area (Å²) in [6.45, 7) is -0.331. The molecular weight excluding hydrogens is 248 g/mol. The van der Waals surface area contributed by atoms with Gasteiger partial charge in [0.1, 0.15) is 0 Å². The molecule has 1 atom stereocenters. The van der Waals surface area contributed by atoms with Crippen molar-refractivity contribution in [2.24, 2.45) is 5.18 Å². The lowest BCUT2D eigenvalue weighted by atomic mass is 10.0. The predicted octanol–water partition coefficient (Wildman–Crippen LogP) is 0.929. The van der Waals surface area contributed by atoms with Crippen molar-refractivity contribution >= 4 is 17.6 Å². The lowest BCUT2D eigenvalue weighted by Gasteiger charge is -2.16. The summed E-state index contributed by atoms with van der Waals surface area (Å²) in [4.78, 5) is 46.3. The van der Waals surface area contributed by atoms with E-state index in [0.29, 0.717) is 5.56 Å². The first-order chi connectivity index (χ1) is 9.13. The molecule has 2 amide bonds. The van der Waals surface area contributed by atoms with Crippen molar-refractivity contribution in [1.29, 1.82) is 0 Å². The number of rotatable bonds is 5. The number of carbonyl (C=O) groups excluding carboxylic acids is 3. The minimum absolute atomic E-state index is 0.319. The van der Waals surface area contributed by atoms with Gasteiger partial charge in [0.25, 0.3) is 11.8 Å². The molecular formula is C13H10N2O4. The highest BCUT2D eigenvalue weighted by molar-refractivity contribution is 6.13. The third-order valence-corrected chi connectivity index (χ3v) is 2.74. The lowest BCUT2D eigenvalue weighted by Crippen LogP contribution is -2.39. The molecule has 96 valence electrons. The smallest absolute Gasteiger partial charge is 0.253 e. The Balaban J connectivity index is 2.13. The van der Waals surface area contributed by atoms with Crippen LogP contribution in [0.25, 0.3) is 0 Å². The second kappa shape index (κ2) is 5.34. The number of Topliss-reactive ketones (excluding diaryl/α,β-unsaturated/α-hetero) is 1. The summed E-state index contributed by atoms with van der Waals surface area (Å²) in [7, 11) is 0. The fourth-order valence-electron chi connectivity index (χ4n) is 1.74. The minimum atomic E-state index is -1.28. The van der Waals surface area contributed by atoms with Gasteiger partial charge < -0.3 is 0 Å². The molecule has 19 heavy (non-hydrogen) atoms. The highest BCUT2D eigenvalue weighted by atomic mass is 16.3. The first-order valence-corrected chi connectivity index (χ1v) is 5.58. The molecule has 0 fully saturated rings. The number of nitroso groups, excluding NO2 is 1. The van der Waals surface area contributed by atoms with Crippen LogP contribution in [0.15, 0.2) is 47.7 Å². The fraction of sp³-hybridized carbons (Fsp3) is 0.154. The quantitative estimate of drug-likeness (QED) is 0.446. The van der Waals surface area contributed by atoms with E-state index in [2.05, 4.69) is 5.18 Å². The number of benzene rings is 1. The lowest BCUT2D eigenvalue weighted by molar-refractivity contribution is -0.136. The summed E-state index contributed by atoms with van der Waals surface area (Å²) in [5, 5.41) is 2.72. The van der Waals surface area contributed by atoms with Crippen molar-refractivity contribution in [3.63, 3.8) is 0 Å². The molecule has 0 N–H and O–H groups in total. The van der Waals surface area contributed by atoms with Crippen molar-refractivity contribution < 1.29 is 14.4 Å². The Morgan fingerprint density at radius 1 is 1.11 bits per heavy atom. The van der Waals surface area contributed by atoms with E-state index >= 15 is 0 Å². The first-order valence-electron chi connectivity index (χ1n) is 5.58. The van der Waals surface area contributed by atoms with Crippen LogP contribution in [-0.2, 0) is 9.59 Å². The molecule has 1 heterocycles. The summed E-state index contributed by atoms with van der Waals surface area (Å²) < 4.78 is 0. The van der Waals surface area contributed by atoms with E-state index in [4.69, 9.17) is 0 Å². The van der Waals surface area contributed by atoms with Crippen LogP contribution in [0.3, 0.4) is 0 Å². The second-order valence-electron chi connectivity index (χ2n) is 3.97. The molecule has 1 aliphatic heterocycles. The molecule has 0 aromatic heterocycles. The number of carbonyl (C=O) groups is 3. The molecule has 0 aliphatic carbocycles. The van der Waals surface area contributed by atoms with Crippen molar-refractivity contribution in [3.05, 3.63) is 53.0 Å². The molecule has 6 nitrogen and oxygen atoms in total. The molecule has 6 heteroatoms. The van der Waals surface area contributed by atoms with Gasteiger partial charge in [-0.2, -0.15) is 0 Å². The summed E-state index contributed by atoms with van der Waals surface area (Å²) >= 11 is 0. The van der Waals surface area contributed by atoms with Crippen LogP contribution in [0.4, 0.5) is 0 Å². The predicted molar refractivity (Wildman–Crippen MR) is 66.2 cm³/mol. The van der Waals surface area contributed by atoms with Crippen LogP contribution in [0.1, 0.15) is 10.4 Å². The van der Waals surface area contributed by atoms with Gasteiger partial charge in [-0.3, -0.25) is 19.3 Å². The zero-order valence-electron chi connectivity index (χ0n) is 9.85. The Morgan fingerprint density at radius 3 is 2.21 bits per heavy atom. The summed E-state index contributed by atoms with van der Waals surface area (Å²) in [6.07, 6.45) is 2.19. The van der Waals surface area contributed by atoms with Crippen molar-refractivity contribution in [2.75, 3.05) is 6.54 Å². The van der Waals surface area contributed by atoms with E-state index in [1.807, 2.05) is 0 Å². The van der Waals surface area contributed by atoms with Crippen LogP contribution in [0.2, 0.25) is 0 Å². The molecule has 0 bridgehead atoms. The van der Waals surface area contributed by atoms with Gasteiger partial charge in [-0.15, -0.1) is 4.91 Å². The second-order valence-corrected chi connectivity index (χ2v) is 3.97. The number of imide groups is 1. The normalized spacial score (nSPS) is 15.7. The Bertz CT molecular complexity index is 547. The van der Waals surface area contributed by atoms with Crippen LogP contribution in [-0.4, -0.2) is 35.1 Å². The van der Waals surface area contributed by atoms with E-state index in [9.17, 15) is 19.3 Å². The number of ketones is 1. The molecule has 1 aromatic rings. The molecule has 0 saturated heterocycles.